The van der Waals surface area contributed by atoms with Crippen LogP contribution in [0.4, 0.5) is 0 Å². The molecule has 0 aromatic heterocycles. The maximum atomic E-state index is 11.5. The first-order chi connectivity index (χ1) is 12.6. The van der Waals surface area contributed by atoms with E-state index >= 15 is 0 Å². The van der Waals surface area contributed by atoms with Crippen LogP contribution in [0.25, 0.3) is 10.4 Å². The Labute approximate surface area is 154 Å². The number of azide groups is 1. The van der Waals surface area contributed by atoms with Crippen LogP contribution in [0, 0.1) is 5.92 Å². The van der Waals surface area contributed by atoms with E-state index < -0.39 is 12.0 Å². The Hall–Kier alpha value is -2.50. The first kappa shape index (κ1) is 21.5. The van der Waals surface area contributed by atoms with Crippen LogP contribution in [0.15, 0.2) is 41.5 Å². The van der Waals surface area contributed by atoms with Gasteiger partial charge in [0.15, 0.2) is 0 Å². The summed E-state index contributed by atoms with van der Waals surface area (Å²) in [6, 6.07) is 7.36. The van der Waals surface area contributed by atoms with Crippen LogP contribution in [0.2, 0.25) is 0 Å². The summed E-state index contributed by atoms with van der Waals surface area (Å²) in [4.78, 5) is 14.3. The largest absolute Gasteiger partial charge is 0.497 e. The van der Waals surface area contributed by atoms with Gasteiger partial charge in [-0.3, -0.25) is 4.79 Å². The zero-order chi connectivity index (χ0) is 19.2. The van der Waals surface area contributed by atoms with Crippen molar-refractivity contribution in [2.75, 3.05) is 20.8 Å². The average molecular weight is 361 g/mol. The van der Waals surface area contributed by atoms with Gasteiger partial charge in [-0.25, -0.2) is 0 Å². The number of benzene rings is 1. The summed E-state index contributed by atoms with van der Waals surface area (Å²) in [5, 5.41) is 3.68. The van der Waals surface area contributed by atoms with Gasteiger partial charge in [0.25, 0.3) is 0 Å². The molecule has 7 heteroatoms. The molecule has 1 aromatic rings. The molecule has 0 unspecified atom stereocenters. The second-order valence-electron chi connectivity index (χ2n) is 5.83. The highest BCUT2D eigenvalue weighted by Crippen LogP contribution is 2.15. The maximum Gasteiger partial charge on any atom is 0.308 e. The first-order valence-corrected chi connectivity index (χ1v) is 8.60. The van der Waals surface area contributed by atoms with Crippen LogP contribution in [0.5, 0.6) is 5.75 Å². The van der Waals surface area contributed by atoms with Crippen molar-refractivity contribution >= 4 is 5.97 Å². The zero-order valence-corrected chi connectivity index (χ0v) is 15.6. The van der Waals surface area contributed by atoms with Crippen molar-refractivity contribution in [2.24, 2.45) is 11.0 Å². The molecule has 0 spiro atoms. The van der Waals surface area contributed by atoms with E-state index in [2.05, 4.69) is 10.0 Å². The highest BCUT2D eigenvalue weighted by molar-refractivity contribution is 5.72. The van der Waals surface area contributed by atoms with Crippen LogP contribution < -0.4 is 4.74 Å². The number of ether oxygens (including phenoxy) is 3. The Kier molecular flexibility index (Phi) is 10.6. The van der Waals surface area contributed by atoms with Gasteiger partial charge in [-0.15, -0.1) is 0 Å². The standard InChI is InChI=1S/C19H27N3O4/c1-15(19(23)25-3)18(21-22-20)8-6-4-5-7-13-26-14-16-9-11-17(24-2)12-10-16/h4,6,9-12,15,18H,5,7-8,13-14H2,1-3H3/b6-4-/t15-,18+/m0/s1. The average Bonchev–Trinajstić information content (AvgIpc) is 2.68. The molecule has 0 aliphatic carbocycles. The summed E-state index contributed by atoms with van der Waals surface area (Å²) < 4.78 is 15.4. The van der Waals surface area contributed by atoms with Gasteiger partial charge in [0.05, 0.1) is 32.8 Å². The van der Waals surface area contributed by atoms with E-state index in [1.54, 1.807) is 14.0 Å². The lowest BCUT2D eigenvalue weighted by Gasteiger charge is -2.15. The van der Waals surface area contributed by atoms with Gasteiger partial charge in [-0.1, -0.05) is 36.3 Å². The molecule has 0 heterocycles. The summed E-state index contributed by atoms with van der Waals surface area (Å²) in [5.74, 6) is -0.00412. The molecule has 0 fully saturated rings. The molecule has 0 saturated heterocycles. The minimum Gasteiger partial charge on any atom is -0.497 e. The van der Waals surface area contributed by atoms with Gasteiger partial charge in [0.1, 0.15) is 5.75 Å². The summed E-state index contributed by atoms with van der Waals surface area (Å²) in [5.41, 5.74) is 9.73. The van der Waals surface area contributed by atoms with E-state index in [1.165, 1.54) is 7.11 Å². The number of rotatable bonds is 12. The fourth-order valence-corrected chi connectivity index (χ4v) is 2.33. The van der Waals surface area contributed by atoms with Crippen LogP contribution in [0.1, 0.15) is 31.7 Å². The number of hydrogen-bond acceptors (Lipinski definition) is 5. The van der Waals surface area contributed by atoms with E-state index in [0.717, 1.165) is 24.2 Å². The number of esters is 1. The van der Waals surface area contributed by atoms with E-state index in [9.17, 15) is 4.79 Å². The molecule has 0 bridgehead atoms. The van der Waals surface area contributed by atoms with Gasteiger partial charge in [-0.05, 0) is 42.5 Å². The summed E-state index contributed by atoms with van der Waals surface area (Å²) >= 11 is 0. The van der Waals surface area contributed by atoms with Crippen molar-refractivity contribution < 1.29 is 19.0 Å². The third-order valence-corrected chi connectivity index (χ3v) is 3.98. The number of unbranched alkanes of at least 4 members (excludes halogenated alkanes) is 1. The van der Waals surface area contributed by atoms with Crippen LogP contribution in [-0.2, 0) is 20.9 Å². The van der Waals surface area contributed by atoms with E-state index in [1.807, 2.05) is 36.4 Å². The molecule has 1 aromatic carbocycles. The fraction of sp³-hybridized carbons (Fsp3) is 0.526. The number of hydrogen-bond donors (Lipinski definition) is 0. The van der Waals surface area contributed by atoms with Crippen molar-refractivity contribution in [2.45, 2.75) is 38.8 Å². The Morgan fingerprint density at radius 2 is 2.00 bits per heavy atom. The van der Waals surface area contributed by atoms with E-state index in [-0.39, 0.29) is 5.97 Å². The van der Waals surface area contributed by atoms with Gasteiger partial charge in [0, 0.05) is 11.5 Å². The highest BCUT2D eigenvalue weighted by atomic mass is 16.5. The predicted molar refractivity (Wildman–Crippen MR) is 99.8 cm³/mol. The fourth-order valence-electron chi connectivity index (χ4n) is 2.33. The van der Waals surface area contributed by atoms with E-state index in [4.69, 9.17) is 19.7 Å². The lowest BCUT2D eigenvalue weighted by atomic mass is 9.99. The first-order valence-electron chi connectivity index (χ1n) is 8.60. The predicted octanol–water partition coefficient (Wildman–Crippen LogP) is 4.43. The highest BCUT2D eigenvalue weighted by Gasteiger charge is 2.22. The van der Waals surface area contributed by atoms with Crippen molar-refractivity contribution in [3.05, 3.63) is 52.4 Å². The van der Waals surface area contributed by atoms with Crippen molar-refractivity contribution in [1.82, 2.24) is 0 Å². The molecule has 1 rings (SSSR count). The number of methoxy groups -OCH3 is 2. The minimum absolute atomic E-state index is 0.372. The molecular formula is C19H27N3O4. The Morgan fingerprint density at radius 3 is 2.62 bits per heavy atom. The Bertz CT molecular complexity index is 610. The lowest BCUT2D eigenvalue weighted by molar-refractivity contribution is -0.145. The molecule has 7 nitrogen and oxygen atoms in total. The van der Waals surface area contributed by atoms with E-state index in [0.29, 0.717) is 19.6 Å². The topological polar surface area (TPSA) is 93.5 Å². The molecule has 2 atom stereocenters. The Morgan fingerprint density at radius 1 is 1.27 bits per heavy atom. The number of carbonyl (C=O) groups excluding carboxylic acids is 1. The third kappa shape index (κ3) is 8.05. The number of allylic oxidation sites excluding steroid dienone is 1. The third-order valence-electron chi connectivity index (χ3n) is 3.98. The summed E-state index contributed by atoms with van der Waals surface area (Å²) in [6.45, 7) is 2.93. The lowest BCUT2D eigenvalue weighted by Crippen LogP contribution is -2.24. The second-order valence-corrected chi connectivity index (χ2v) is 5.83. The number of nitrogens with zero attached hydrogens (tertiary/aromatic N) is 3. The summed E-state index contributed by atoms with van der Waals surface area (Å²) in [6.07, 6.45) is 6.21. The monoisotopic (exact) mass is 361 g/mol. The van der Waals surface area contributed by atoms with Gasteiger partial charge >= 0.3 is 5.97 Å². The zero-order valence-electron chi connectivity index (χ0n) is 15.6. The molecule has 0 saturated carbocycles. The number of carbonyl (C=O) groups is 1. The van der Waals surface area contributed by atoms with Crippen LogP contribution >= 0.6 is 0 Å². The van der Waals surface area contributed by atoms with Gasteiger partial charge < -0.3 is 14.2 Å². The molecule has 0 amide bonds. The molecule has 0 radical (unpaired) electrons. The van der Waals surface area contributed by atoms with Crippen LogP contribution in [0.3, 0.4) is 0 Å². The SMILES string of the molecule is COC(=O)[C@@H](C)[C@@H](C/C=C\CCCOCc1ccc(OC)cc1)N=[N+]=[N-]. The second kappa shape index (κ2) is 12.8. The molecular weight excluding hydrogens is 334 g/mol. The normalized spacial score (nSPS) is 13.0. The molecule has 26 heavy (non-hydrogen) atoms. The Balaban J connectivity index is 2.22. The summed E-state index contributed by atoms with van der Waals surface area (Å²) in [7, 11) is 2.97. The molecule has 0 N–H and O–H groups in total. The van der Waals surface area contributed by atoms with Crippen LogP contribution in [-0.4, -0.2) is 32.8 Å². The van der Waals surface area contributed by atoms with Gasteiger partial charge in [0.2, 0.25) is 0 Å². The minimum atomic E-state index is -0.464. The van der Waals surface area contributed by atoms with Gasteiger partial charge in [-0.2, -0.15) is 0 Å². The van der Waals surface area contributed by atoms with Crippen molar-refractivity contribution in [3.8, 4) is 5.75 Å². The smallest absolute Gasteiger partial charge is 0.308 e. The molecule has 0 aliphatic heterocycles. The maximum absolute atomic E-state index is 11.5. The molecule has 142 valence electrons. The van der Waals surface area contributed by atoms with Crippen molar-refractivity contribution in [1.29, 1.82) is 0 Å². The molecule has 0 aliphatic rings. The quantitative estimate of drug-likeness (QED) is 0.137. The van der Waals surface area contributed by atoms with Crippen molar-refractivity contribution in [3.63, 3.8) is 0 Å².